The Balaban J connectivity index is 2.30. The number of nitrogens with one attached hydrogen (secondary N) is 1. The first-order valence-corrected chi connectivity index (χ1v) is 6.60. The van der Waals surface area contributed by atoms with Crippen LogP contribution in [0.3, 0.4) is 0 Å². The molecule has 1 unspecified atom stereocenters. The maximum absolute atomic E-state index is 11.9. The van der Waals surface area contributed by atoms with Crippen LogP contribution in [0.1, 0.15) is 10.8 Å². The quantitative estimate of drug-likeness (QED) is 0.346. The van der Waals surface area contributed by atoms with Gasteiger partial charge in [0.1, 0.15) is 11.0 Å². The molecule has 0 aromatic heterocycles. The fourth-order valence-electron chi connectivity index (χ4n) is 1.66. The van der Waals surface area contributed by atoms with Crippen LogP contribution in [0.4, 0.5) is 0 Å². The fraction of sp³-hybridized carbons (Fsp3) is 0.0714. The number of carbonyl (C=O) groups excluding carboxylic acids is 1. The highest BCUT2D eigenvalue weighted by molar-refractivity contribution is 8.00. The van der Waals surface area contributed by atoms with Crippen molar-refractivity contribution in [2.24, 2.45) is 5.84 Å². The van der Waals surface area contributed by atoms with E-state index < -0.39 is 5.25 Å². The Morgan fingerprint density at radius 2 is 1.74 bits per heavy atom. The van der Waals surface area contributed by atoms with E-state index in [1.165, 1.54) is 11.8 Å². The number of nitrogens with two attached hydrogens (primary N) is 1. The predicted octanol–water partition coefficient (Wildman–Crippen LogP) is 2.22. The molecule has 0 radical (unpaired) electrons. The number of rotatable bonds is 4. The molecule has 1 amide bonds. The summed E-state index contributed by atoms with van der Waals surface area (Å²) in [5, 5.41) is 9.28. The van der Waals surface area contributed by atoms with Crippen molar-refractivity contribution >= 4 is 17.7 Å². The Kier molecular flexibility index (Phi) is 4.43. The summed E-state index contributed by atoms with van der Waals surface area (Å²) in [6, 6.07) is 16.2. The second-order valence-corrected chi connectivity index (χ2v) is 5.03. The molecule has 0 bridgehead atoms. The highest BCUT2D eigenvalue weighted by Crippen LogP contribution is 2.39. The number of hydrogen-bond acceptors (Lipinski definition) is 4. The summed E-state index contributed by atoms with van der Waals surface area (Å²) in [6.07, 6.45) is 0. The number of para-hydroxylation sites is 1. The summed E-state index contributed by atoms with van der Waals surface area (Å²) in [5.74, 6) is 5.07. The number of amides is 1. The van der Waals surface area contributed by atoms with Gasteiger partial charge in [-0.05, 0) is 17.7 Å². The van der Waals surface area contributed by atoms with Crippen LogP contribution in [0.2, 0.25) is 0 Å². The van der Waals surface area contributed by atoms with E-state index in [0.717, 1.165) is 5.56 Å². The highest BCUT2D eigenvalue weighted by Gasteiger charge is 2.22. The van der Waals surface area contributed by atoms with Gasteiger partial charge in [0.2, 0.25) is 0 Å². The normalized spacial score (nSPS) is 11.8. The smallest absolute Gasteiger partial charge is 0.251 e. The number of hydrogen-bond donors (Lipinski definition) is 3. The number of carbonyl (C=O) groups is 1. The Hall–Kier alpha value is -1.98. The van der Waals surface area contributed by atoms with Crippen molar-refractivity contribution in [3.05, 3.63) is 60.2 Å². The molecule has 0 spiro atoms. The van der Waals surface area contributed by atoms with E-state index in [1.807, 2.05) is 36.4 Å². The minimum absolute atomic E-state index is 0.151. The SMILES string of the molecule is NNC(=O)C(Sc1ccccc1O)c1ccccc1. The minimum atomic E-state index is -0.500. The lowest BCUT2D eigenvalue weighted by atomic mass is 10.1. The number of thioether (sulfide) groups is 1. The van der Waals surface area contributed by atoms with Gasteiger partial charge in [0.25, 0.3) is 5.91 Å². The summed E-state index contributed by atoms with van der Waals surface area (Å²) in [7, 11) is 0. The van der Waals surface area contributed by atoms with Gasteiger partial charge in [-0.15, -0.1) is 11.8 Å². The zero-order valence-corrected chi connectivity index (χ0v) is 10.9. The average Bonchev–Trinajstić information content (AvgIpc) is 2.46. The third-order valence-electron chi connectivity index (χ3n) is 2.59. The molecule has 2 aromatic carbocycles. The molecule has 19 heavy (non-hydrogen) atoms. The number of phenolic OH excluding ortho intramolecular Hbond substituents is 1. The van der Waals surface area contributed by atoms with E-state index in [-0.39, 0.29) is 11.7 Å². The molecule has 4 nitrogen and oxygen atoms in total. The van der Waals surface area contributed by atoms with Gasteiger partial charge in [0.05, 0.1) is 4.90 Å². The first-order valence-electron chi connectivity index (χ1n) is 5.72. The predicted molar refractivity (Wildman–Crippen MR) is 75.5 cm³/mol. The molecular formula is C14H14N2O2S. The van der Waals surface area contributed by atoms with Crippen LogP contribution in [-0.4, -0.2) is 11.0 Å². The Morgan fingerprint density at radius 3 is 2.37 bits per heavy atom. The molecule has 0 saturated heterocycles. The molecule has 0 saturated carbocycles. The van der Waals surface area contributed by atoms with E-state index in [4.69, 9.17) is 5.84 Å². The topological polar surface area (TPSA) is 75.3 Å². The number of aromatic hydroxyl groups is 1. The first-order chi connectivity index (χ1) is 9.22. The number of benzene rings is 2. The van der Waals surface area contributed by atoms with Crippen LogP contribution in [0, 0.1) is 0 Å². The lowest BCUT2D eigenvalue weighted by Crippen LogP contribution is -2.33. The third-order valence-corrected chi connectivity index (χ3v) is 3.91. The van der Waals surface area contributed by atoms with Crippen molar-refractivity contribution in [2.75, 3.05) is 0 Å². The summed E-state index contributed by atoms with van der Waals surface area (Å²) < 4.78 is 0. The zero-order valence-electron chi connectivity index (χ0n) is 10.1. The molecule has 2 rings (SSSR count). The van der Waals surface area contributed by atoms with E-state index in [0.29, 0.717) is 4.90 Å². The average molecular weight is 274 g/mol. The van der Waals surface area contributed by atoms with Gasteiger partial charge in [-0.3, -0.25) is 10.2 Å². The highest BCUT2D eigenvalue weighted by atomic mass is 32.2. The number of hydrazine groups is 1. The van der Waals surface area contributed by atoms with Gasteiger partial charge in [-0.1, -0.05) is 42.5 Å². The van der Waals surface area contributed by atoms with Crippen LogP contribution in [-0.2, 0) is 4.79 Å². The first kappa shape index (κ1) is 13.5. The summed E-state index contributed by atoms with van der Waals surface area (Å²) in [4.78, 5) is 12.5. The standard InChI is InChI=1S/C14H14N2O2S/c15-16-14(18)13(10-6-2-1-3-7-10)19-12-9-5-4-8-11(12)17/h1-9,13,17H,15H2,(H,16,18). The van der Waals surface area contributed by atoms with E-state index in [2.05, 4.69) is 5.43 Å². The zero-order chi connectivity index (χ0) is 13.7. The number of phenols is 1. The van der Waals surface area contributed by atoms with Crippen LogP contribution in [0.25, 0.3) is 0 Å². The van der Waals surface area contributed by atoms with E-state index >= 15 is 0 Å². The molecular weight excluding hydrogens is 260 g/mol. The van der Waals surface area contributed by atoms with Crippen molar-refractivity contribution < 1.29 is 9.90 Å². The fourth-order valence-corrected chi connectivity index (χ4v) is 2.73. The second-order valence-electron chi connectivity index (χ2n) is 3.88. The van der Waals surface area contributed by atoms with Gasteiger partial charge in [0.15, 0.2) is 0 Å². The molecule has 5 heteroatoms. The Labute approximate surface area is 115 Å². The summed E-state index contributed by atoms with van der Waals surface area (Å²) >= 11 is 1.26. The maximum atomic E-state index is 11.9. The van der Waals surface area contributed by atoms with Gasteiger partial charge in [-0.25, -0.2) is 5.84 Å². The Morgan fingerprint density at radius 1 is 1.11 bits per heavy atom. The maximum Gasteiger partial charge on any atom is 0.251 e. The van der Waals surface area contributed by atoms with E-state index in [1.54, 1.807) is 18.2 Å². The van der Waals surface area contributed by atoms with Crippen molar-refractivity contribution in [1.82, 2.24) is 5.43 Å². The van der Waals surface area contributed by atoms with Crippen molar-refractivity contribution in [3.8, 4) is 5.75 Å². The lowest BCUT2D eigenvalue weighted by Gasteiger charge is -2.15. The van der Waals surface area contributed by atoms with Crippen LogP contribution in [0.5, 0.6) is 5.75 Å². The van der Waals surface area contributed by atoms with Gasteiger partial charge >= 0.3 is 0 Å². The van der Waals surface area contributed by atoms with Gasteiger partial charge < -0.3 is 5.11 Å². The summed E-state index contributed by atoms with van der Waals surface area (Å²) in [6.45, 7) is 0. The molecule has 0 fully saturated rings. The van der Waals surface area contributed by atoms with Crippen LogP contribution < -0.4 is 11.3 Å². The molecule has 4 N–H and O–H groups in total. The molecule has 98 valence electrons. The molecule has 0 heterocycles. The van der Waals surface area contributed by atoms with Crippen molar-refractivity contribution in [3.63, 3.8) is 0 Å². The van der Waals surface area contributed by atoms with Crippen molar-refractivity contribution in [2.45, 2.75) is 10.1 Å². The summed E-state index contributed by atoms with van der Waals surface area (Å²) in [5.41, 5.74) is 2.99. The lowest BCUT2D eigenvalue weighted by molar-refractivity contribution is -0.120. The van der Waals surface area contributed by atoms with Crippen LogP contribution >= 0.6 is 11.8 Å². The minimum Gasteiger partial charge on any atom is -0.507 e. The monoisotopic (exact) mass is 274 g/mol. The second kappa shape index (κ2) is 6.26. The third kappa shape index (κ3) is 3.27. The Bertz CT molecular complexity index is 560. The largest absolute Gasteiger partial charge is 0.507 e. The molecule has 1 atom stereocenters. The van der Waals surface area contributed by atoms with Crippen molar-refractivity contribution in [1.29, 1.82) is 0 Å². The van der Waals surface area contributed by atoms with Crippen LogP contribution in [0.15, 0.2) is 59.5 Å². The van der Waals surface area contributed by atoms with Gasteiger partial charge in [0, 0.05) is 0 Å². The van der Waals surface area contributed by atoms with E-state index in [9.17, 15) is 9.90 Å². The molecule has 0 aliphatic heterocycles. The molecule has 2 aromatic rings. The molecule has 0 aliphatic carbocycles. The molecule has 0 aliphatic rings. The van der Waals surface area contributed by atoms with Gasteiger partial charge in [-0.2, -0.15) is 0 Å².